The fourth-order valence-electron chi connectivity index (χ4n) is 1.70. The van der Waals surface area contributed by atoms with Crippen molar-refractivity contribution in [1.82, 2.24) is 0 Å². The molecule has 90 valence electrons. The summed E-state index contributed by atoms with van der Waals surface area (Å²) in [5.41, 5.74) is 0.0430. The summed E-state index contributed by atoms with van der Waals surface area (Å²) in [6.07, 6.45) is 0. The smallest absolute Gasteiger partial charge is 0.203 e. The Morgan fingerprint density at radius 1 is 1.00 bits per heavy atom. The van der Waals surface area contributed by atoms with Crippen molar-refractivity contribution < 1.29 is 13.6 Å². The van der Waals surface area contributed by atoms with E-state index in [4.69, 9.17) is 0 Å². The zero-order valence-corrected chi connectivity index (χ0v) is 10.6. The molecular formula is C13H6F2OS2. The van der Waals surface area contributed by atoms with E-state index >= 15 is 0 Å². The van der Waals surface area contributed by atoms with E-state index in [-0.39, 0.29) is 11.3 Å². The molecule has 2 aromatic heterocycles. The molecule has 0 aliphatic rings. The molecule has 0 unspecified atom stereocenters. The van der Waals surface area contributed by atoms with Gasteiger partial charge in [-0.15, -0.1) is 22.7 Å². The van der Waals surface area contributed by atoms with Crippen molar-refractivity contribution in [1.29, 1.82) is 0 Å². The van der Waals surface area contributed by atoms with Crippen LogP contribution in [-0.4, -0.2) is 5.78 Å². The number of thiophene rings is 2. The SMILES string of the molecule is O=C(c1cc(F)cc(F)c1)c1cc2sccc2s1. The molecule has 0 aliphatic carbocycles. The highest BCUT2D eigenvalue weighted by atomic mass is 32.1. The maximum atomic E-state index is 13.1. The normalized spacial score (nSPS) is 11.0. The van der Waals surface area contributed by atoms with E-state index in [9.17, 15) is 13.6 Å². The van der Waals surface area contributed by atoms with E-state index < -0.39 is 11.6 Å². The van der Waals surface area contributed by atoms with Gasteiger partial charge in [-0.25, -0.2) is 8.78 Å². The van der Waals surface area contributed by atoms with Gasteiger partial charge in [0.1, 0.15) is 11.6 Å². The maximum absolute atomic E-state index is 13.1. The molecule has 0 aliphatic heterocycles. The van der Waals surface area contributed by atoms with Crippen LogP contribution in [0, 0.1) is 11.6 Å². The van der Waals surface area contributed by atoms with Crippen LogP contribution in [0.25, 0.3) is 9.40 Å². The van der Waals surface area contributed by atoms with E-state index in [1.165, 1.54) is 22.7 Å². The average Bonchev–Trinajstić information content (AvgIpc) is 2.86. The van der Waals surface area contributed by atoms with Crippen molar-refractivity contribution in [3.05, 3.63) is 57.8 Å². The lowest BCUT2D eigenvalue weighted by molar-refractivity contribution is 0.104. The lowest BCUT2D eigenvalue weighted by Gasteiger charge is -1.98. The van der Waals surface area contributed by atoms with Crippen molar-refractivity contribution in [3.63, 3.8) is 0 Å². The summed E-state index contributed by atoms with van der Waals surface area (Å²) in [5.74, 6) is -1.82. The monoisotopic (exact) mass is 280 g/mol. The third kappa shape index (κ3) is 1.95. The van der Waals surface area contributed by atoms with E-state index in [1.807, 2.05) is 11.4 Å². The molecule has 2 heterocycles. The zero-order valence-electron chi connectivity index (χ0n) is 8.94. The largest absolute Gasteiger partial charge is 0.288 e. The van der Waals surface area contributed by atoms with Gasteiger partial charge in [-0.2, -0.15) is 0 Å². The molecule has 0 fully saturated rings. The molecule has 0 saturated heterocycles. The van der Waals surface area contributed by atoms with Crippen molar-refractivity contribution in [3.8, 4) is 0 Å². The average molecular weight is 280 g/mol. The molecule has 0 spiro atoms. The standard InChI is InChI=1S/C13H6F2OS2/c14-8-3-7(4-9(15)5-8)13(16)12-6-11-10(18-12)1-2-17-11/h1-6H. The summed E-state index contributed by atoms with van der Waals surface area (Å²) >= 11 is 2.87. The number of carbonyl (C=O) groups is 1. The first-order valence-corrected chi connectivity index (χ1v) is 6.81. The Morgan fingerprint density at radius 2 is 1.72 bits per heavy atom. The molecule has 0 atom stereocenters. The molecular weight excluding hydrogens is 274 g/mol. The van der Waals surface area contributed by atoms with Crippen LogP contribution in [0.4, 0.5) is 8.78 Å². The number of rotatable bonds is 2. The van der Waals surface area contributed by atoms with Gasteiger partial charge in [0, 0.05) is 21.0 Å². The first kappa shape index (κ1) is 11.5. The topological polar surface area (TPSA) is 17.1 Å². The summed E-state index contributed by atoms with van der Waals surface area (Å²) in [6.45, 7) is 0. The Hall–Kier alpha value is -1.59. The second-order valence-corrected chi connectivity index (χ2v) is 5.78. The van der Waals surface area contributed by atoms with Gasteiger partial charge >= 0.3 is 0 Å². The molecule has 0 radical (unpaired) electrons. The number of carbonyl (C=O) groups excluding carboxylic acids is 1. The third-order valence-corrected chi connectivity index (χ3v) is 4.58. The lowest BCUT2D eigenvalue weighted by atomic mass is 10.1. The van der Waals surface area contributed by atoms with Crippen LogP contribution in [0.3, 0.4) is 0 Å². The molecule has 1 aromatic carbocycles. The minimum Gasteiger partial charge on any atom is -0.288 e. The van der Waals surface area contributed by atoms with Gasteiger partial charge in [0.2, 0.25) is 5.78 Å². The highest BCUT2D eigenvalue weighted by Gasteiger charge is 2.15. The van der Waals surface area contributed by atoms with Gasteiger partial charge in [-0.05, 0) is 29.6 Å². The number of hydrogen-bond donors (Lipinski definition) is 0. The summed E-state index contributed by atoms with van der Waals surface area (Å²) in [5, 5.41) is 1.94. The van der Waals surface area contributed by atoms with Crippen molar-refractivity contribution in [2.75, 3.05) is 0 Å². The fraction of sp³-hybridized carbons (Fsp3) is 0. The summed E-state index contributed by atoms with van der Waals surface area (Å²) in [6, 6.07) is 6.55. The van der Waals surface area contributed by atoms with Crippen molar-refractivity contribution >= 4 is 37.9 Å². The van der Waals surface area contributed by atoms with Crippen molar-refractivity contribution in [2.24, 2.45) is 0 Å². The predicted octanol–water partition coefficient (Wildman–Crippen LogP) is 4.47. The van der Waals surface area contributed by atoms with Crippen LogP contribution < -0.4 is 0 Å². The number of fused-ring (bicyclic) bond motifs is 1. The van der Waals surface area contributed by atoms with E-state index in [1.54, 1.807) is 6.07 Å². The minimum absolute atomic E-state index is 0.0430. The molecule has 0 amide bonds. The van der Waals surface area contributed by atoms with E-state index in [0.717, 1.165) is 27.6 Å². The zero-order chi connectivity index (χ0) is 12.7. The molecule has 3 aromatic rings. The fourth-order valence-corrected chi connectivity index (χ4v) is 3.78. The Kier molecular flexibility index (Phi) is 2.72. The van der Waals surface area contributed by atoms with E-state index in [2.05, 4.69) is 0 Å². The molecule has 3 rings (SSSR count). The first-order chi connectivity index (χ1) is 8.63. The number of ketones is 1. The highest BCUT2D eigenvalue weighted by molar-refractivity contribution is 7.28. The number of halogens is 2. The molecule has 0 N–H and O–H groups in total. The number of benzene rings is 1. The minimum atomic E-state index is -0.739. The van der Waals surface area contributed by atoms with Gasteiger partial charge in [-0.1, -0.05) is 0 Å². The summed E-state index contributed by atoms with van der Waals surface area (Å²) in [4.78, 5) is 12.6. The van der Waals surface area contributed by atoms with Crippen LogP contribution in [0.5, 0.6) is 0 Å². The first-order valence-electron chi connectivity index (χ1n) is 5.11. The van der Waals surface area contributed by atoms with Gasteiger partial charge in [0.15, 0.2) is 0 Å². The lowest BCUT2D eigenvalue weighted by Crippen LogP contribution is -2.00. The van der Waals surface area contributed by atoms with Gasteiger partial charge in [0.25, 0.3) is 0 Å². The Bertz CT molecular complexity index is 694. The van der Waals surface area contributed by atoms with Crippen LogP contribution in [0.15, 0.2) is 35.7 Å². The second-order valence-electron chi connectivity index (χ2n) is 3.75. The Labute approximate surface area is 109 Å². The Balaban J connectivity index is 2.06. The highest BCUT2D eigenvalue weighted by Crippen LogP contribution is 2.31. The van der Waals surface area contributed by atoms with Crippen LogP contribution in [-0.2, 0) is 0 Å². The summed E-state index contributed by atoms with van der Waals surface area (Å²) < 4.78 is 28.2. The predicted molar refractivity (Wildman–Crippen MR) is 69.5 cm³/mol. The third-order valence-electron chi connectivity index (χ3n) is 2.49. The van der Waals surface area contributed by atoms with Crippen LogP contribution in [0.2, 0.25) is 0 Å². The molecule has 1 nitrogen and oxygen atoms in total. The number of hydrogen-bond acceptors (Lipinski definition) is 3. The van der Waals surface area contributed by atoms with Crippen LogP contribution >= 0.6 is 22.7 Å². The van der Waals surface area contributed by atoms with Gasteiger partial charge < -0.3 is 0 Å². The molecule has 0 bridgehead atoms. The molecule has 5 heteroatoms. The maximum Gasteiger partial charge on any atom is 0.203 e. The Morgan fingerprint density at radius 3 is 2.39 bits per heavy atom. The second kappa shape index (κ2) is 4.26. The van der Waals surface area contributed by atoms with E-state index in [0.29, 0.717) is 4.88 Å². The van der Waals surface area contributed by atoms with Crippen molar-refractivity contribution in [2.45, 2.75) is 0 Å². The quantitative estimate of drug-likeness (QED) is 0.633. The summed E-state index contributed by atoms with van der Waals surface area (Å²) in [7, 11) is 0. The van der Waals surface area contributed by atoms with Crippen LogP contribution in [0.1, 0.15) is 15.2 Å². The molecule has 0 saturated carbocycles. The van der Waals surface area contributed by atoms with Gasteiger partial charge in [-0.3, -0.25) is 4.79 Å². The molecule has 18 heavy (non-hydrogen) atoms. The van der Waals surface area contributed by atoms with Gasteiger partial charge in [0.05, 0.1) is 4.88 Å².